The summed E-state index contributed by atoms with van der Waals surface area (Å²) in [6, 6.07) is 5.82. The Bertz CT molecular complexity index is 1430. The molecular weight excluding hydrogens is 501 g/mol. The van der Waals surface area contributed by atoms with Gasteiger partial charge in [-0.05, 0) is 37.5 Å². The zero-order valence-corrected chi connectivity index (χ0v) is 19.7. The largest absolute Gasteiger partial charge is 0.480 e. The number of nitrogens with zero attached hydrogens (tertiary/aromatic N) is 5. The van der Waals surface area contributed by atoms with Crippen molar-refractivity contribution in [2.75, 3.05) is 6.54 Å². The Hall–Kier alpha value is -3.38. The van der Waals surface area contributed by atoms with E-state index >= 15 is 0 Å². The van der Waals surface area contributed by atoms with Gasteiger partial charge in [0.15, 0.2) is 9.84 Å². The Kier molecular flexibility index (Phi) is 5.59. The SMILES string of the molecule is O=C(O)[C@@H]1C[C@@H](S(=O)(=O)c2ccccc2-n2cncn2)CN1C(=O)C1(c2ncc(Cl)cc2F)CC1. The number of carboxylic acid groups (broad SMARTS) is 1. The maximum atomic E-state index is 14.6. The second kappa shape index (κ2) is 8.38. The van der Waals surface area contributed by atoms with Gasteiger partial charge in [0, 0.05) is 12.7 Å². The van der Waals surface area contributed by atoms with Crippen LogP contribution in [0.25, 0.3) is 5.69 Å². The molecule has 0 spiro atoms. The molecule has 1 aliphatic carbocycles. The maximum Gasteiger partial charge on any atom is 0.326 e. The summed E-state index contributed by atoms with van der Waals surface area (Å²) in [7, 11) is -4.08. The van der Waals surface area contributed by atoms with Gasteiger partial charge in [-0.3, -0.25) is 9.78 Å². The second-order valence-corrected chi connectivity index (χ2v) is 11.2. The molecule has 0 radical (unpaired) electrons. The molecule has 0 unspecified atom stereocenters. The number of likely N-dealkylation sites (tertiary alicyclic amines) is 1. The number of hydrogen-bond donors (Lipinski definition) is 1. The van der Waals surface area contributed by atoms with Crippen molar-refractivity contribution >= 4 is 33.3 Å². The zero-order valence-electron chi connectivity index (χ0n) is 18.1. The van der Waals surface area contributed by atoms with Gasteiger partial charge in [0.1, 0.15) is 24.5 Å². The van der Waals surface area contributed by atoms with Crippen molar-refractivity contribution in [2.24, 2.45) is 0 Å². The number of halogens is 2. The van der Waals surface area contributed by atoms with E-state index in [1.54, 1.807) is 18.2 Å². The predicted octanol–water partition coefficient (Wildman–Crippen LogP) is 2.01. The average molecular weight is 520 g/mol. The van der Waals surface area contributed by atoms with Crippen LogP contribution < -0.4 is 0 Å². The van der Waals surface area contributed by atoms with Crippen LogP contribution in [0.5, 0.6) is 0 Å². The third kappa shape index (κ3) is 3.86. The summed E-state index contributed by atoms with van der Waals surface area (Å²) < 4.78 is 43.2. The monoisotopic (exact) mass is 519 g/mol. The van der Waals surface area contributed by atoms with Crippen LogP contribution in [0.15, 0.2) is 54.1 Å². The van der Waals surface area contributed by atoms with Crippen LogP contribution >= 0.6 is 11.6 Å². The summed E-state index contributed by atoms with van der Waals surface area (Å²) >= 11 is 5.78. The lowest BCUT2D eigenvalue weighted by atomic mass is 9.98. The van der Waals surface area contributed by atoms with E-state index in [0.717, 1.165) is 11.0 Å². The molecule has 1 aliphatic heterocycles. The molecule has 1 N–H and O–H groups in total. The maximum absolute atomic E-state index is 14.6. The van der Waals surface area contributed by atoms with Crippen LogP contribution in [0, 0.1) is 5.82 Å². The molecule has 5 rings (SSSR count). The molecule has 0 bridgehead atoms. The molecule has 1 saturated heterocycles. The zero-order chi connectivity index (χ0) is 25.0. The number of sulfone groups is 1. The summed E-state index contributed by atoms with van der Waals surface area (Å²) in [4.78, 5) is 34.4. The quantitative estimate of drug-likeness (QED) is 0.522. The van der Waals surface area contributed by atoms with Crippen molar-refractivity contribution in [3.8, 4) is 5.69 Å². The number of hydrogen-bond acceptors (Lipinski definition) is 7. The molecule has 2 atom stereocenters. The molecule has 1 aromatic carbocycles. The van der Waals surface area contributed by atoms with E-state index in [1.807, 2.05) is 0 Å². The average Bonchev–Trinajstić information content (AvgIpc) is 3.23. The van der Waals surface area contributed by atoms with E-state index in [2.05, 4.69) is 15.1 Å². The first-order valence-electron chi connectivity index (χ1n) is 10.7. The highest BCUT2D eigenvalue weighted by Crippen LogP contribution is 2.51. The summed E-state index contributed by atoms with van der Waals surface area (Å²) in [5, 5.41) is 12.7. The number of benzene rings is 1. The highest BCUT2D eigenvalue weighted by Gasteiger charge is 2.59. The van der Waals surface area contributed by atoms with E-state index in [0.29, 0.717) is 0 Å². The van der Waals surface area contributed by atoms with Gasteiger partial charge in [-0.1, -0.05) is 23.7 Å². The molecule has 182 valence electrons. The summed E-state index contributed by atoms with van der Waals surface area (Å²) in [6.45, 7) is -0.346. The molecule has 35 heavy (non-hydrogen) atoms. The van der Waals surface area contributed by atoms with E-state index in [-0.39, 0.29) is 47.1 Å². The topological polar surface area (TPSA) is 135 Å². The van der Waals surface area contributed by atoms with Gasteiger partial charge < -0.3 is 10.0 Å². The van der Waals surface area contributed by atoms with Crippen LogP contribution in [0.4, 0.5) is 4.39 Å². The first-order valence-corrected chi connectivity index (χ1v) is 12.6. The molecule has 2 aliphatic rings. The molecule has 3 aromatic rings. The van der Waals surface area contributed by atoms with Gasteiger partial charge in [0.25, 0.3) is 0 Å². The number of para-hydroxylation sites is 1. The minimum absolute atomic E-state index is 0.0551. The lowest BCUT2D eigenvalue weighted by Crippen LogP contribution is -2.46. The number of rotatable bonds is 6. The molecule has 2 aromatic heterocycles. The minimum atomic E-state index is -4.08. The number of carboxylic acids is 1. The number of carbonyl (C=O) groups excluding carboxylic acids is 1. The first-order chi connectivity index (χ1) is 16.6. The molecule has 1 amide bonds. The van der Waals surface area contributed by atoms with Gasteiger partial charge in [0.05, 0.1) is 32.0 Å². The van der Waals surface area contributed by atoms with Crippen molar-refractivity contribution in [3.05, 3.63) is 65.7 Å². The normalized spacial score (nSPS) is 21.1. The number of amides is 1. The van der Waals surface area contributed by atoms with Crippen molar-refractivity contribution in [3.63, 3.8) is 0 Å². The molecular formula is C22H19ClFN5O5S. The van der Waals surface area contributed by atoms with Crippen molar-refractivity contribution in [2.45, 2.75) is 40.9 Å². The van der Waals surface area contributed by atoms with Gasteiger partial charge >= 0.3 is 5.97 Å². The lowest BCUT2D eigenvalue weighted by molar-refractivity contribution is -0.149. The van der Waals surface area contributed by atoms with Crippen molar-refractivity contribution in [1.82, 2.24) is 24.6 Å². The third-order valence-electron chi connectivity index (χ3n) is 6.51. The Labute approximate surface area is 204 Å². The van der Waals surface area contributed by atoms with E-state index < -0.39 is 44.2 Å². The highest BCUT2D eigenvalue weighted by molar-refractivity contribution is 7.92. The van der Waals surface area contributed by atoms with Crippen molar-refractivity contribution < 1.29 is 27.5 Å². The van der Waals surface area contributed by atoms with Crippen LogP contribution in [0.1, 0.15) is 25.0 Å². The second-order valence-electron chi connectivity index (χ2n) is 8.59. The molecule has 3 heterocycles. The smallest absolute Gasteiger partial charge is 0.326 e. The van der Waals surface area contributed by atoms with E-state index in [4.69, 9.17) is 11.6 Å². The summed E-state index contributed by atoms with van der Waals surface area (Å²) in [6.07, 6.45) is 4.07. The minimum Gasteiger partial charge on any atom is -0.480 e. The van der Waals surface area contributed by atoms with Crippen molar-refractivity contribution in [1.29, 1.82) is 0 Å². The molecule has 1 saturated carbocycles. The number of pyridine rings is 1. The standard InChI is InChI=1S/C22H19ClFN5O5S/c23-13-7-15(24)19(26-9-13)22(5-6-22)21(32)28-10-14(8-17(28)20(30)31)35(33,34)18-4-2-1-3-16(18)29-12-25-11-27-29/h1-4,7,9,11-12,14,17H,5-6,8,10H2,(H,30,31)/t14-,17+/m1/s1. The van der Waals surface area contributed by atoms with Crippen LogP contribution in [0.3, 0.4) is 0 Å². The molecule has 13 heteroatoms. The third-order valence-corrected chi connectivity index (χ3v) is 8.89. The van der Waals surface area contributed by atoms with Crippen LogP contribution in [-0.4, -0.2) is 67.9 Å². The fraction of sp³-hybridized carbons (Fsp3) is 0.318. The summed E-state index contributed by atoms with van der Waals surface area (Å²) in [5.74, 6) is -2.75. The predicted molar refractivity (Wildman–Crippen MR) is 120 cm³/mol. The Morgan fingerprint density at radius 1 is 1.23 bits per heavy atom. The first kappa shape index (κ1) is 23.4. The van der Waals surface area contributed by atoms with E-state index in [9.17, 15) is 27.5 Å². The lowest BCUT2D eigenvalue weighted by Gasteiger charge is -2.26. The Morgan fingerprint density at radius 2 is 1.97 bits per heavy atom. The van der Waals surface area contributed by atoms with Gasteiger partial charge in [-0.15, -0.1) is 0 Å². The number of aromatic nitrogens is 4. The summed E-state index contributed by atoms with van der Waals surface area (Å²) in [5.41, 5.74) is -1.19. The fourth-order valence-electron chi connectivity index (χ4n) is 4.60. The van der Waals surface area contributed by atoms with Crippen LogP contribution in [-0.2, 0) is 24.8 Å². The fourth-order valence-corrected chi connectivity index (χ4v) is 6.62. The number of carbonyl (C=O) groups is 2. The van der Waals surface area contributed by atoms with Crippen LogP contribution in [0.2, 0.25) is 5.02 Å². The van der Waals surface area contributed by atoms with E-state index in [1.165, 1.54) is 29.6 Å². The van der Waals surface area contributed by atoms with Gasteiger partial charge in [-0.25, -0.2) is 27.3 Å². The highest BCUT2D eigenvalue weighted by atomic mass is 35.5. The molecule has 2 fully saturated rings. The molecule has 10 nitrogen and oxygen atoms in total. The Balaban J connectivity index is 1.49. The van der Waals surface area contributed by atoms with Gasteiger partial charge in [-0.2, -0.15) is 5.10 Å². The Morgan fingerprint density at radius 3 is 2.60 bits per heavy atom. The van der Waals surface area contributed by atoms with Gasteiger partial charge in [0.2, 0.25) is 5.91 Å². The number of aliphatic carboxylic acids is 1.